The standard InChI is InChI=1S/C14H15ClN4O2/c1-16-13-7-12(19(20)21)8-14(17-13)18(2)9-10-4-3-5-11(15)6-10/h3-8H,9H2,1-2H3,(H,16,17). The van der Waals surface area contributed by atoms with E-state index in [4.69, 9.17) is 11.6 Å². The van der Waals surface area contributed by atoms with Crippen LogP contribution in [0.25, 0.3) is 0 Å². The first-order valence-corrected chi connectivity index (χ1v) is 6.67. The lowest BCUT2D eigenvalue weighted by atomic mass is 10.2. The molecule has 0 atom stereocenters. The van der Waals surface area contributed by atoms with Gasteiger partial charge < -0.3 is 10.2 Å². The maximum atomic E-state index is 11.0. The summed E-state index contributed by atoms with van der Waals surface area (Å²) in [5.41, 5.74) is 1.01. The second-order valence-electron chi connectivity index (χ2n) is 4.56. The number of benzene rings is 1. The molecule has 0 bridgehead atoms. The van der Waals surface area contributed by atoms with E-state index in [0.29, 0.717) is 23.2 Å². The Morgan fingerprint density at radius 1 is 1.38 bits per heavy atom. The van der Waals surface area contributed by atoms with Crippen molar-refractivity contribution in [1.29, 1.82) is 0 Å². The fraction of sp³-hybridized carbons (Fsp3) is 0.214. The summed E-state index contributed by atoms with van der Waals surface area (Å²) < 4.78 is 0. The Bertz CT molecular complexity index is 663. The van der Waals surface area contributed by atoms with Crippen LogP contribution >= 0.6 is 11.6 Å². The summed E-state index contributed by atoms with van der Waals surface area (Å²) in [7, 11) is 3.50. The third kappa shape index (κ3) is 3.82. The van der Waals surface area contributed by atoms with Crippen molar-refractivity contribution in [3.63, 3.8) is 0 Å². The molecule has 1 aromatic carbocycles. The monoisotopic (exact) mass is 306 g/mol. The highest BCUT2D eigenvalue weighted by Gasteiger charge is 2.13. The Kier molecular flexibility index (Phi) is 4.59. The predicted octanol–water partition coefficient (Wildman–Crippen LogP) is 3.32. The van der Waals surface area contributed by atoms with Crippen LogP contribution in [0.3, 0.4) is 0 Å². The zero-order valence-electron chi connectivity index (χ0n) is 11.7. The summed E-state index contributed by atoms with van der Waals surface area (Å²) in [5, 5.41) is 14.4. The second kappa shape index (κ2) is 6.41. The van der Waals surface area contributed by atoms with Crippen LogP contribution in [-0.2, 0) is 6.54 Å². The van der Waals surface area contributed by atoms with Gasteiger partial charge in [-0.15, -0.1) is 0 Å². The molecule has 110 valence electrons. The van der Waals surface area contributed by atoms with Crippen molar-refractivity contribution in [3.8, 4) is 0 Å². The van der Waals surface area contributed by atoms with Crippen LogP contribution in [0.15, 0.2) is 36.4 Å². The van der Waals surface area contributed by atoms with Crippen molar-refractivity contribution in [1.82, 2.24) is 4.98 Å². The molecule has 0 amide bonds. The molecule has 0 aliphatic rings. The third-order valence-electron chi connectivity index (χ3n) is 2.96. The van der Waals surface area contributed by atoms with E-state index in [-0.39, 0.29) is 5.69 Å². The van der Waals surface area contributed by atoms with E-state index in [2.05, 4.69) is 10.3 Å². The van der Waals surface area contributed by atoms with Gasteiger partial charge in [-0.25, -0.2) is 4.98 Å². The van der Waals surface area contributed by atoms with Crippen molar-refractivity contribution in [2.24, 2.45) is 0 Å². The molecular weight excluding hydrogens is 292 g/mol. The Balaban J connectivity index is 2.27. The summed E-state index contributed by atoms with van der Waals surface area (Å²) in [5.74, 6) is 0.977. The van der Waals surface area contributed by atoms with Gasteiger partial charge in [0.25, 0.3) is 5.69 Å². The molecule has 2 aromatic rings. The number of nitro groups is 1. The van der Waals surface area contributed by atoms with Crippen molar-refractivity contribution in [3.05, 3.63) is 57.1 Å². The van der Waals surface area contributed by atoms with Crippen LogP contribution in [0.1, 0.15) is 5.56 Å². The molecule has 21 heavy (non-hydrogen) atoms. The third-order valence-corrected chi connectivity index (χ3v) is 3.20. The fourth-order valence-electron chi connectivity index (χ4n) is 1.92. The molecule has 0 aliphatic carbocycles. The zero-order valence-corrected chi connectivity index (χ0v) is 12.5. The van der Waals surface area contributed by atoms with E-state index in [1.807, 2.05) is 30.1 Å². The minimum absolute atomic E-state index is 0.00212. The zero-order chi connectivity index (χ0) is 15.4. The molecule has 6 nitrogen and oxygen atoms in total. The highest BCUT2D eigenvalue weighted by molar-refractivity contribution is 6.30. The molecule has 0 saturated carbocycles. The normalized spacial score (nSPS) is 10.2. The van der Waals surface area contributed by atoms with Crippen molar-refractivity contribution in [2.45, 2.75) is 6.54 Å². The van der Waals surface area contributed by atoms with E-state index in [1.165, 1.54) is 12.1 Å². The smallest absolute Gasteiger partial charge is 0.276 e. The molecule has 1 N–H and O–H groups in total. The van der Waals surface area contributed by atoms with Crippen LogP contribution in [0, 0.1) is 10.1 Å². The number of hydrogen-bond acceptors (Lipinski definition) is 5. The van der Waals surface area contributed by atoms with Crippen molar-refractivity contribution < 1.29 is 4.92 Å². The molecule has 0 unspecified atom stereocenters. The largest absolute Gasteiger partial charge is 0.373 e. The van der Waals surface area contributed by atoms with Gasteiger partial charge in [0.15, 0.2) is 0 Å². The van der Waals surface area contributed by atoms with Gasteiger partial charge in [-0.05, 0) is 17.7 Å². The number of rotatable bonds is 5. The lowest BCUT2D eigenvalue weighted by Gasteiger charge is -2.19. The summed E-state index contributed by atoms with van der Waals surface area (Å²) in [6.45, 7) is 0.553. The van der Waals surface area contributed by atoms with Crippen LogP contribution in [0.5, 0.6) is 0 Å². The van der Waals surface area contributed by atoms with Crippen LogP contribution in [-0.4, -0.2) is 24.0 Å². The summed E-state index contributed by atoms with van der Waals surface area (Å²) in [6.07, 6.45) is 0. The summed E-state index contributed by atoms with van der Waals surface area (Å²) in [6, 6.07) is 10.3. The van der Waals surface area contributed by atoms with Gasteiger partial charge in [0.2, 0.25) is 0 Å². The minimum Gasteiger partial charge on any atom is -0.373 e. The molecule has 0 spiro atoms. The van der Waals surface area contributed by atoms with Gasteiger partial charge in [-0.2, -0.15) is 0 Å². The Morgan fingerprint density at radius 2 is 2.14 bits per heavy atom. The first-order valence-electron chi connectivity index (χ1n) is 6.29. The van der Waals surface area contributed by atoms with Gasteiger partial charge in [0, 0.05) is 25.7 Å². The Labute approximate surface area is 127 Å². The average Bonchev–Trinajstić information content (AvgIpc) is 2.46. The molecule has 0 aliphatic heterocycles. The topological polar surface area (TPSA) is 71.3 Å². The minimum atomic E-state index is -0.431. The molecule has 7 heteroatoms. The molecule has 0 fully saturated rings. The van der Waals surface area contributed by atoms with Gasteiger partial charge >= 0.3 is 0 Å². The summed E-state index contributed by atoms with van der Waals surface area (Å²) >= 11 is 5.96. The summed E-state index contributed by atoms with van der Waals surface area (Å²) in [4.78, 5) is 16.7. The number of nitrogens with zero attached hydrogens (tertiary/aromatic N) is 3. The van der Waals surface area contributed by atoms with E-state index in [0.717, 1.165) is 5.56 Å². The van der Waals surface area contributed by atoms with Gasteiger partial charge in [0.05, 0.1) is 17.1 Å². The second-order valence-corrected chi connectivity index (χ2v) is 5.00. The molecular formula is C14H15ClN4O2. The van der Waals surface area contributed by atoms with E-state index in [1.54, 1.807) is 13.1 Å². The number of halogens is 1. The van der Waals surface area contributed by atoms with Crippen LogP contribution < -0.4 is 10.2 Å². The SMILES string of the molecule is CNc1cc([N+](=O)[O-])cc(N(C)Cc2cccc(Cl)c2)n1. The number of aromatic nitrogens is 1. The predicted molar refractivity (Wildman–Crippen MR) is 84.0 cm³/mol. The maximum absolute atomic E-state index is 11.0. The highest BCUT2D eigenvalue weighted by Crippen LogP contribution is 2.24. The van der Waals surface area contributed by atoms with Crippen LogP contribution in [0.2, 0.25) is 5.02 Å². The number of anilines is 2. The van der Waals surface area contributed by atoms with Crippen molar-refractivity contribution >= 4 is 28.9 Å². The molecule has 2 rings (SSSR count). The fourth-order valence-corrected chi connectivity index (χ4v) is 2.13. The number of hydrogen-bond donors (Lipinski definition) is 1. The molecule has 0 radical (unpaired) electrons. The first kappa shape index (κ1) is 15.1. The lowest BCUT2D eigenvalue weighted by Crippen LogP contribution is -2.18. The van der Waals surface area contributed by atoms with Crippen LogP contribution in [0.4, 0.5) is 17.3 Å². The lowest BCUT2D eigenvalue weighted by molar-refractivity contribution is -0.384. The van der Waals surface area contributed by atoms with E-state index >= 15 is 0 Å². The Hall–Kier alpha value is -2.34. The van der Waals surface area contributed by atoms with Gasteiger partial charge in [-0.1, -0.05) is 23.7 Å². The van der Waals surface area contributed by atoms with E-state index < -0.39 is 4.92 Å². The van der Waals surface area contributed by atoms with Gasteiger partial charge in [-0.3, -0.25) is 10.1 Å². The maximum Gasteiger partial charge on any atom is 0.276 e. The highest BCUT2D eigenvalue weighted by atomic mass is 35.5. The quantitative estimate of drug-likeness (QED) is 0.677. The average molecular weight is 307 g/mol. The van der Waals surface area contributed by atoms with Gasteiger partial charge in [0.1, 0.15) is 11.6 Å². The number of nitrogens with one attached hydrogen (secondary N) is 1. The van der Waals surface area contributed by atoms with Crippen molar-refractivity contribution in [2.75, 3.05) is 24.3 Å². The molecule has 1 aromatic heterocycles. The molecule has 0 saturated heterocycles. The number of pyridine rings is 1. The Morgan fingerprint density at radius 3 is 2.76 bits per heavy atom. The first-order chi connectivity index (χ1) is 9.99. The molecule has 1 heterocycles. The van der Waals surface area contributed by atoms with E-state index in [9.17, 15) is 10.1 Å².